The number of fused-ring (bicyclic) bond motifs is 1. The molecule has 0 atom stereocenters. The molecular formula is C15H20N2O. The van der Waals surface area contributed by atoms with Gasteiger partial charge < -0.3 is 10.2 Å². The molecule has 0 amide bonds. The first-order valence-corrected chi connectivity index (χ1v) is 6.99. The van der Waals surface area contributed by atoms with E-state index in [-0.39, 0.29) is 0 Å². The molecule has 0 radical (unpaired) electrons. The lowest BCUT2D eigenvalue weighted by atomic mass is 9.91. The minimum atomic E-state index is 0.499. The summed E-state index contributed by atoms with van der Waals surface area (Å²) in [4.78, 5) is 4.63. The number of oxazole rings is 1. The van der Waals surface area contributed by atoms with Crippen molar-refractivity contribution in [3.8, 4) is 0 Å². The van der Waals surface area contributed by atoms with E-state index in [1.54, 1.807) is 0 Å². The standard InChI is InChI=1S/C15H20N2O/c16-12-8-9-13-14(10-12)18-15(17-13)11-6-4-2-1-3-5-7-11/h8-11H,1-7,16H2. The SMILES string of the molecule is Nc1ccc2nc(C3CCCCCCC3)oc2c1. The van der Waals surface area contributed by atoms with Gasteiger partial charge in [-0.1, -0.05) is 32.1 Å². The van der Waals surface area contributed by atoms with Crippen LogP contribution in [0.5, 0.6) is 0 Å². The first-order valence-electron chi connectivity index (χ1n) is 6.99. The zero-order chi connectivity index (χ0) is 12.4. The van der Waals surface area contributed by atoms with E-state index in [1.807, 2.05) is 18.2 Å². The van der Waals surface area contributed by atoms with Crippen LogP contribution in [0.15, 0.2) is 22.6 Å². The van der Waals surface area contributed by atoms with Gasteiger partial charge in [0.2, 0.25) is 0 Å². The van der Waals surface area contributed by atoms with Crippen molar-refractivity contribution in [3.63, 3.8) is 0 Å². The lowest BCUT2D eigenvalue weighted by molar-refractivity contribution is 0.387. The van der Waals surface area contributed by atoms with Crippen molar-refractivity contribution < 1.29 is 4.42 Å². The highest BCUT2D eigenvalue weighted by molar-refractivity contribution is 5.76. The van der Waals surface area contributed by atoms with Crippen LogP contribution in [0.4, 0.5) is 5.69 Å². The molecule has 1 aromatic heterocycles. The normalized spacial score (nSPS) is 18.7. The Balaban J connectivity index is 1.87. The Morgan fingerprint density at radius 1 is 1.06 bits per heavy atom. The Morgan fingerprint density at radius 2 is 1.78 bits per heavy atom. The molecule has 0 aliphatic heterocycles. The van der Waals surface area contributed by atoms with Crippen molar-refractivity contribution in [2.45, 2.75) is 50.9 Å². The van der Waals surface area contributed by atoms with Crippen LogP contribution >= 0.6 is 0 Å². The van der Waals surface area contributed by atoms with E-state index < -0.39 is 0 Å². The zero-order valence-electron chi connectivity index (χ0n) is 10.7. The van der Waals surface area contributed by atoms with Crippen LogP contribution in [0.1, 0.15) is 56.8 Å². The minimum Gasteiger partial charge on any atom is -0.440 e. The summed E-state index contributed by atoms with van der Waals surface area (Å²) in [6, 6.07) is 5.70. The zero-order valence-corrected chi connectivity index (χ0v) is 10.7. The summed E-state index contributed by atoms with van der Waals surface area (Å²) >= 11 is 0. The third-order valence-corrected chi connectivity index (χ3v) is 3.88. The molecule has 3 heteroatoms. The Labute approximate surface area is 107 Å². The summed E-state index contributed by atoms with van der Waals surface area (Å²) < 4.78 is 5.89. The average molecular weight is 244 g/mol. The first-order chi connectivity index (χ1) is 8.83. The molecule has 1 saturated carbocycles. The summed E-state index contributed by atoms with van der Waals surface area (Å²) in [6.07, 6.45) is 9.10. The number of nitrogens with zero attached hydrogens (tertiary/aromatic N) is 1. The van der Waals surface area contributed by atoms with Gasteiger partial charge in [0, 0.05) is 17.7 Å². The number of benzene rings is 1. The maximum absolute atomic E-state index is 5.89. The Hall–Kier alpha value is -1.51. The highest BCUT2D eigenvalue weighted by Crippen LogP contribution is 2.32. The molecule has 0 bridgehead atoms. The lowest BCUT2D eigenvalue weighted by Crippen LogP contribution is -2.02. The Morgan fingerprint density at radius 3 is 2.56 bits per heavy atom. The molecular weight excluding hydrogens is 224 g/mol. The molecule has 1 fully saturated rings. The molecule has 1 aromatic carbocycles. The van der Waals surface area contributed by atoms with Crippen LogP contribution in [-0.2, 0) is 0 Å². The minimum absolute atomic E-state index is 0.499. The van der Waals surface area contributed by atoms with Crippen LogP contribution in [0.2, 0.25) is 0 Å². The van der Waals surface area contributed by atoms with Crippen molar-refractivity contribution in [1.29, 1.82) is 0 Å². The van der Waals surface area contributed by atoms with Crippen molar-refractivity contribution in [3.05, 3.63) is 24.1 Å². The van der Waals surface area contributed by atoms with Crippen molar-refractivity contribution in [2.24, 2.45) is 0 Å². The number of hydrogen-bond acceptors (Lipinski definition) is 3. The highest BCUT2D eigenvalue weighted by Gasteiger charge is 2.19. The number of aromatic nitrogens is 1. The van der Waals surface area contributed by atoms with Gasteiger partial charge in [-0.15, -0.1) is 0 Å². The number of rotatable bonds is 1. The quantitative estimate of drug-likeness (QED) is 0.763. The second-order valence-corrected chi connectivity index (χ2v) is 5.32. The number of hydrogen-bond donors (Lipinski definition) is 1. The van der Waals surface area contributed by atoms with Gasteiger partial charge in [-0.3, -0.25) is 0 Å². The van der Waals surface area contributed by atoms with Crippen LogP contribution in [0.25, 0.3) is 11.1 Å². The van der Waals surface area contributed by atoms with Gasteiger partial charge in [0.05, 0.1) is 0 Å². The van der Waals surface area contributed by atoms with Crippen molar-refractivity contribution >= 4 is 16.8 Å². The van der Waals surface area contributed by atoms with Crippen molar-refractivity contribution in [1.82, 2.24) is 4.98 Å². The molecule has 3 rings (SSSR count). The highest BCUT2D eigenvalue weighted by atomic mass is 16.3. The van der Waals surface area contributed by atoms with Gasteiger partial charge in [0.15, 0.2) is 11.5 Å². The summed E-state index contributed by atoms with van der Waals surface area (Å²) in [7, 11) is 0. The van der Waals surface area contributed by atoms with E-state index in [0.29, 0.717) is 5.92 Å². The molecule has 2 N–H and O–H groups in total. The molecule has 0 unspecified atom stereocenters. The van der Waals surface area contributed by atoms with E-state index in [9.17, 15) is 0 Å². The lowest BCUT2D eigenvalue weighted by Gasteiger charge is -2.16. The molecule has 0 spiro atoms. The van der Waals surface area contributed by atoms with Gasteiger partial charge in [0.1, 0.15) is 5.52 Å². The molecule has 2 aromatic rings. The molecule has 1 heterocycles. The predicted molar refractivity (Wildman–Crippen MR) is 73.5 cm³/mol. The fraction of sp³-hybridized carbons (Fsp3) is 0.533. The van der Waals surface area contributed by atoms with Crippen LogP contribution in [0.3, 0.4) is 0 Å². The average Bonchev–Trinajstić information content (AvgIpc) is 2.71. The summed E-state index contributed by atoms with van der Waals surface area (Å²) in [6.45, 7) is 0. The van der Waals surface area contributed by atoms with Crippen LogP contribution in [-0.4, -0.2) is 4.98 Å². The third-order valence-electron chi connectivity index (χ3n) is 3.88. The van der Waals surface area contributed by atoms with Gasteiger partial charge >= 0.3 is 0 Å². The summed E-state index contributed by atoms with van der Waals surface area (Å²) in [5, 5.41) is 0. The Bertz CT molecular complexity index is 524. The molecule has 1 aliphatic carbocycles. The van der Waals surface area contributed by atoms with Crippen LogP contribution in [0, 0.1) is 0 Å². The maximum Gasteiger partial charge on any atom is 0.198 e. The Kier molecular flexibility index (Phi) is 3.22. The van der Waals surface area contributed by atoms with Gasteiger partial charge in [-0.2, -0.15) is 0 Å². The number of nitrogen functional groups attached to an aromatic ring is 1. The first kappa shape index (κ1) is 11.6. The summed E-state index contributed by atoms with van der Waals surface area (Å²) in [5.41, 5.74) is 8.27. The monoisotopic (exact) mass is 244 g/mol. The third kappa shape index (κ3) is 2.35. The molecule has 96 valence electrons. The van der Waals surface area contributed by atoms with Gasteiger partial charge in [0.25, 0.3) is 0 Å². The van der Waals surface area contributed by atoms with E-state index in [2.05, 4.69) is 4.98 Å². The van der Waals surface area contributed by atoms with Gasteiger partial charge in [-0.25, -0.2) is 4.98 Å². The van der Waals surface area contributed by atoms with E-state index >= 15 is 0 Å². The molecule has 1 aliphatic rings. The molecule has 18 heavy (non-hydrogen) atoms. The van der Waals surface area contributed by atoms with Crippen molar-refractivity contribution in [2.75, 3.05) is 5.73 Å². The van der Waals surface area contributed by atoms with Gasteiger partial charge in [-0.05, 0) is 25.0 Å². The topological polar surface area (TPSA) is 52.0 Å². The fourth-order valence-corrected chi connectivity index (χ4v) is 2.84. The largest absolute Gasteiger partial charge is 0.440 e. The van der Waals surface area contributed by atoms with E-state index in [0.717, 1.165) is 22.7 Å². The maximum atomic E-state index is 5.89. The van der Waals surface area contributed by atoms with E-state index in [1.165, 1.54) is 44.9 Å². The van der Waals surface area contributed by atoms with E-state index in [4.69, 9.17) is 10.2 Å². The molecule has 0 saturated heterocycles. The van der Waals surface area contributed by atoms with Crippen LogP contribution < -0.4 is 5.73 Å². The second-order valence-electron chi connectivity index (χ2n) is 5.32. The smallest absolute Gasteiger partial charge is 0.198 e. The second kappa shape index (κ2) is 5.01. The number of nitrogens with two attached hydrogens (primary N) is 1. The predicted octanol–water partition coefficient (Wildman–Crippen LogP) is 4.24. The molecule has 3 nitrogen and oxygen atoms in total. The number of anilines is 1. The summed E-state index contributed by atoms with van der Waals surface area (Å²) in [5.74, 6) is 1.41. The fourth-order valence-electron chi connectivity index (χ4n) is 2.84.